The number of hydrogen-bond donors (Lipinski definition) is 0. The van der Waals surface area contributed by atoms with Crippen LogP contribution in [0.5, 0.6) is 0 Å². The van der Waals surface area contributed by atoms with E-state index in [-0.39, 0.29) is 0 Å². The predicted octanol–water partition coefficient (Wildman–Crippen LogP) is 2.85. The molecule has 0 aliphatic carbocycles. The largest absolute Gasteiger partial charge is 0.270 e. The van der Waals surface area contributed by atoms with Gasteiger partial charge >= 0.3 is 0 Å². The van der Waals surface area contributed by atoms with E-state index in [1.807, 2.05) is 0 Å². The molecule has 1 aromatic rings. The molecule has 0 saturated heterocycles. The number of hydrogen-bond acceptors (Lipinski definition) is 1. The molecule has 1 unspecified atom stereocenters. The van der Waals surface area contributed by atoms with Gasteiger partial charge in [-0.2, -0.15) is 5.10 Å². The van der Waals surface area contributed by atoms with Gasteiger partial charge in [-0.05, 0) is 32.8 Å². The average molecular weight is 245 g/mol. The van der Waals surface area contributed by atoms with Crippen molar-refractivity contribution in [1.82, 2.24) is 9.78 Å². The highest BCUT2D eigenvalue weighted by molar-refractivity contribution is 9.09. The first-order chi connectivity index (χ1) is 6.06. The summed E-state index contributed by atoms with van der Waals surface area (Å²) in [7, 11) is 0. The Labute approximate surface area is 88.5 Å². The summed E-state index contributed by atoms with van der Waals surface area (Å²) in [6, 6.07) is 0. The Kier molecular flexibility index (Phi) is 3.54. The highest BCUT2D eigenvalue weighted by atomic mass is 79.9. The molecule has 0 aliphatic heterocycles. The Morgan fingerprint density at radius 2 is 2.08 bits per heavy atom. The summed E-state index contributed by atoms with van der Waals surface area (Å²) >= 11 is 3.57. The van der Waals surface area contributed by atoms with Crippen molar-refractivity contribution in [2.45, 2.75) is 45.5 Å². The lowest BCUT2D eigenvalue weighted by atomic mass is 10.1. The minimum atomic E-state index is 0.527. The molecular formula is C10H17BrN2. The van der Waals surface area contributed by atoms with Crippen molar-refractivity contribution in [3.8, 4) is 0 Å². The molecule has 0 bridgehead atoms. The fourth-order valence-electron chi connectivity index (χ4n) is 1.62. The summed E-state index contributed by atoms with van der Waals surface area (Å²) < 4.78 is 2.07. The van der Waals surface area contributed by atoms with Gasteiger partial charge in [0.15, 0.2) is 0 Å². The second-order valence-corrected chi connectivity index (χ2v) is 5.01. The molecule has 0 amide bonds. The molecule has 1 aromatic heterocycles. The fourth-order valence-corrected chi connectivity index (χ4v) is 1.94. The number of rotatable bonds is 3. The van der Waals surface area contributed by atoms with Crippen LogP contribution in [0.1, 0.15) is 30.8 Å². The molecule has 74 valence electrons. The van der Waals surface area contributed by atoms with Gasteiger partial charge < -0.3 is 0 Å². The number of nitrogens with zero attached hydrogens (tertiary/aromatic N) is 2. The third-order valence-electron chi connectivity index (χ3n) is 2.32. The van der Waals surface area contributed by atoms with Gasteiger partial charge in [-0.3, -0.25) is 4.68 Å². The molecule has 0 aromatic carbocycles. The van der Waals surface area contributed by atoms with E-state index >= 15 is 0 Å². The number of aryl methyl sites for hydroxylation is 2. The first-order valence-electron chi connectivity index (χ1n) is 4.73. The van der Waals surface area contributed by atoms with Gasteiger partial charge in [0.2, 0.25) is 0 Å². The van der Waals surface area contributed by atoms with Crippen LogP contribution in [0.4, 0.5) is 0 Å². The van der Waals surface area contributed by atoms with Crippen molar-refractivity contribution in [2.24, 2.45) is 0 Å². The third kappa shape index (κ3) is 2.33. The van der Waals surface area contributed by atoms with Gasteiger partial charge in [0, 0.05) is 17.1 Å². The highest BCUT2D eigenvalue weighted by Crippen LogP contribution is 2.17. The van der Waals surface area contributed by atoms with Crippen LogP contribution in [-0.2, 0) is 13.0 Å². The topological polar surface area (TPSA) is 17.8 Å². The van der Waals surface area contributed by atoms with E-state index in [0.29, 0.717) is 4.83 Å². The quantitative estimate of drug-likeness (QED) is 0.749. The summed E-state index contributed by atoms with van der Waals surface area (Å²) in [6.45, 7) is 9.49. The van der Waals surface area contributed by atoms with E-state index in [1.165, 1.54) is 17.0 Å². The molecule has 0 saturated carbocycles. The summed E-state index contributed by atoms with van der Waals surface area (Å²) in [4.78, 5) is 0.527. The monoisotopic (exact) mass is 244 g/mol. The molecule has 0 fully saturated rings. The van der Waals surface area contributed by atoms with Gasteiger partial charge in [0.25, 0.3) is 0 Å². The zero-order chi connectivity index (χ0) is 10.0. The second-order valence-electron chi connectivity index (χ2n) is 3.45. The van der Waals surface area contributed by atoms with E-state index < -0.39 is 0 Å². The van der Waals surface area contributed by atoms with Crippen LogP contribution in [0.15, 0.2) is 0 Å². The Morgan fingerprint density at radius 1 is 1.46 bits per heavy atom. The summed E-state index contributed by atoms with van der Waals surface area (Å²) in [5, 5.41) is 4.48. The maximum Gasteiger partial charge on any atom is 0.0628 e. The number of alkyl halides is 1. The second kappa shape index (κ2) is 4.27. The summed E-state index contributed by atoms with van der Waals surface area (Å²) in [5.41, 5.74) is 3.88. The van der Waals surface area contributed by atoms with Gasteiger partial charge in [-0.25, -0.2) is 0 Å². The van der Waals surface area contributed by atoms with Crippen LogP contribution >= 0.6 is 15.9 Å². The minimum absolute atomic E-state index is 0.527. The van der Waals surface area contributed by atoms with Gasteiger partial charge in [-0.15, -0.1) is 0 Å². The average Bonchev–Trinajstić information content (AvgIpc) is 2.31. The van der Waals surface area contributed by atoms with Crippen LogP contribution in [0.2, 0.25) is 0 Å². The van der Waals surface area contributed by atoms with Crippen molar-refractivity contribution in [2.75, 3.05) is 0 Å². The van der Waals surface area contributed by atoms with Crippen LogP contribution < -0.4 is 0 Å². The van der Waals surface area contributed by atoms with Crippen molar-refractivity contribution in [3.05, 3.63) is 17.0 Å². The Balaban J connectivity index is 2.98. The van der Waals surface area contributed by atoms with Crippen molar-refractivity contribution in [3.63, 3.8) is 0 Å². The van der Waals surface area contributed by atoms with E-state index in [9.17, 15) is 0 Å². The van der Waals surface area contributed by atoms with Crippen LogP contribution in [0, 0.1) is 13.8 Å². The molecule has 1 rings (SSSR count). The molecule has 1 heterocycles. The van der Waals surface area contributed by atoms with Gasteiger partial charge in [0.05, 0.1) is 5.69 Å². The number of aromatic nitrogens is 2. The smallest absolute Gasteiger partial charge is 0.0628 e. The van der Waals surface area contributed by atoms with Crippen molar-refractivity contribution < 1.29 is 0 Å². The zero-order valence-corrected chi connectivity index (χ0v) is 10.3. The lowest BCUT2D eigenvalue weighted by Gasteiger charge is -2.04. The normalized spacial score (nSPS) is 13.3. The van der Waals surface area contributed by atoms with Gasteiger partial charge in [0.1, 0.15) is 0 Å². The molecule has 0 radical (unpaired) electrons. The molecule has 0 spiro atoms. The lowest BCUT2D eigenvalue weighted by Crippen LogP contribution is -2.01. The molecular weight excluding hydrogens is 228 g/mol. The standard InChI is InChI=1S/C10H17BrN2/c1-5-13-9(4)10(6-7(2)11)8(3)12-13/h7H,5-6H2,1-4H3. The van der Waals surface area contributed by atoms with Crippen molar-refractivity contribution >= 4 is 15.9 Å². The lowest BCUT2D eigenvalue weighted by molar-refractivity contribution is 0.633. The van der Waals surface area contributed by atoms with E-state index in [0.717, 1.165) is 13.0 Å². The van der Waals surface area contributed by atoms with E-state index in [2.05, 4.69) is 53.4 Å². The first kappa shape index (κ1) is 10.8. The van der Waals surface area contributed by atoms with Crippen molar-refractivity contribution in [1.29, 1.82) is 0 Å². The molecule has 0 aliphatic rings. The van der Waals surface area contributed by atoms with E-state index in [1.54, 1.807) is 0 Å². The predicted molar refractivity (Wildman–Crippen MR) is 59.5 cm³/mol. The first-order valence-corrected chi connectivity index (χ1v) is 5.64. The molecule has 0 N–H and O–H groups in total. The Hall–Kier alpha value is -0.310. The molecule has 2 nitrogen and oxygen atoms in total. The Morgan fingerprint density at radius 3 is 2.46 bits per heavy atom. The minimum Gasteiger partial charge on any atom is -0.270 e. The molecule has 1 atom stereocenters. The molecule has 3 heteroatoms. The maximum atomic E-state index is 4.48. The fraction of sp³-hybridized carbons (Fsp3) is 0.700. The van der Waals surface area contributed by atoms with Crippen LogP contribution in [0.3, 0.4) is 0 Å². The van der Waals surface area contributed by atoms with Crippen LogP contribution in [-0.4, -0.2) is 14.6 Å². The van der Waals surface area contributed by atoms with E-state index in [4.69, 9.17) is 0 Å². The zero-order valence-electron chi connectivity index (χ0n) is 8.76. The molecule has 13 heavy (non-hydrogen) atoms. The third-order valence-corrected chi connectivity index (χ3v) is 2.64. The maximum absolute atomic E-state index is 4.48. The Bertz CT molecular complexity index is 289. The number of halogens is 1. The van der Waals surface area contributed by atoms with Crippen LogP contribution in [0.25, 0.3) is 0 Å². The SMILES string of the molecule is CCn1nc(C)c(CC(C)Br)c1C. The summed E-state index contributed by atoms with van der Waals surface area (Å²) in [5.74, 6) is 0. The highest BCUT2D eigenvalue weighted by Gasteiger charge is 2.11. The summed E-state index contributed by atoms with van der Waals surface area (Å²) in [6.07, 6.45) is 1.07. The van der Waals surface area contributed by atoms with Gasteiger partial charge in [-0.1, -0.05) is 22.9 Å².